The summed E-state index contributed by atoms with van der Waals surface area (Å²) in [6.07, 6.45) is 7.00. The number of nitrogens with zero attached hydrogens (tertiary/aromatic N) is 2. The van der Waals surface area contributed by atoms with E-state index < -0.39 is 9.84 Å². The van der Waals surface area contributed by atoms with Gasteiger partial charge >= 0.3 is 0 Å². The minimum atomic E-state index is -3.03. The van der Waals surface area contributed by atoms with Gasteiger partial charge in [-0.1, -0.05) is 25.7 Å². The van der Waals surface area contributed by atoms with E-state index in [1.807, 2.05) is 6.92 Å². The van der Waals surface area contributed by atoms with Crippen LogP contribution in [0.4, 0.5) is 0 Å². The van der Waals surface area contributed by atoms with Crippen molar-refractivity contribution in [1.29, 1.82) is 0 Å². The topological polar surface area (TPSA) is 74.8 Å². The van der Waals surface area contributed by atoms with Crippen molar-refractivity contribution in [3.05, 3.63) is 0 Å². The fraction of sp³-hybridized carbons (Fsp3) is 0.882. The van der Waals surface area contributed by atoms with Gasteiger partial charge in [0.1, 0.15) is 0 Å². The molecule has 0 spiro atoms. The maximum atomic E-state index is 12.8. The molecule has 1 saturated heterocycles. The van der Waals surface area contributed by atoms with Gasteiger partial charge in [0.15, 0.2) is 9.84 Å². The van der Waals surface area contributed by atoms with E-state index in [9.17, 15) is 18.0 Å². The van der Waals surface area contributed by atoms with E-state index >= 15 is 0 Å². The predicted octanol–water partition coefficient (Wildman–Crippen LogP) is 1.59. The monoisotopic (exact) mass is 358 g/mol. The smallest absolute Gasteiger partial charge is 0.242 e. The number of sulfone groups is 1. The van der Waals surface area contributed by atoms with Crippen LogP contribution in [0.3, 0.4) is 0 Å². The average molecular weight is 359 g/mol. The molecule has 7 heteroatoms. The molecule has 1 saturated carbocycles. The summed E-state index contributed by atoms with van der Waals surface area (Å²) in [5, 5.41) is 0. The van der Waals surface area contributed by atoms with Gasteiger partial charge in [-0.2, -0.15) is 0 Å². The van der Waals surface area contributed by atoms with Gasteiger partial charge in [-0.15, -0.1) is 0 Å². The lowest BCUT2D eigenvalue weighted by Crippen LogP contribution is -2.49. The van der Waals surface area contributed by atoms with E-state index in [0.717, 1.165) is 25.7 Å². The Bertz CT molecular complexity index is 553. The Morgan fingerprint density at radius 3 is 2.04 bits per heavy atom. The summed E-state index contributed by atoms with van der Waals surface area (Å²) in [7, 11) is -3.03. The minimum Gasteiger partial charge on any atom is -0.337 e. The zero-order valence-electron chi connectivity index (χ0n) is 14.9. The quantitative estimate of drug-likeness (QED) is 0.700. The van der Waals surface area contributed by atoms with Gasteiger partial charge in [-0.3, -0.25) is 9.59 Å². The van der Waals surface area contributed by atoms with Crippen molar-refractivity contribution in [2.75, 3.05) is 24.6 Å². The van der Waals surface area contributed by atoms with E-state index in [1.54, 1.807) is 9.80 Å². The maximum absolute atomic E-state index is 12.8. The van der Waals surface area contributed by atoms with Crippen LogP contribution in [0.1, 0.15) is 58.8 Å². The Balaban J connectivity index is 2.04. The van der Waals surface area contributed by atoms with Crippen molar-refractivity contribution in [3.8, 4) is 0 Å². The van der Waals surface area contributed by atoms with Gasteiger partial charge in [-0.25, -0.2) is 8.42 Å². The molecule has 6 nitrogen and oxygen atoms in total. The van der Waals surface area contributed by atoms with Gasteiger partial charge in [0, 0.05) is 25.6 Å². The Morgan fingerprint density at radius 2 is 1.58 bits per heavy atom. The highest BCUT2D eigenvalue weighted by molar-refractivity contribution is 7.91. The van der Waals surface area contributed by atoms with Crippen molar-refractivity contribution in [3.63, 3.8) is 0 Å². The zero-order chi connectivity index (χ0) is 17.7. The van der Waals surface area contributed by atoms with Crippen molar-refractivity contribution in [2.24, 2.45) is 0 Å². The molecule has 24 heavy (non-hydrogen) atoms. The van der Waals surface area contributed by atoms with Gasteiger partial charge in [-0.05, 0) is 26.2 Å². The highest BCUT2D eigenvalue weighted by atomic mass is 32.2. The summed E-state index contributed by atoms with van der Waals surface area (Å²) in [4.78, 5) is 28.2. The number of carbonyl (C=O) groups excluding carboxylic acids is 2. The molecule has 0 bridgehead atoms. The molecule has 2 fully saturated rings. The first-order valence-electron chi connectivity index (χ1n) is 9.11. The summed E-state index contributed by atoms with van der Waals surface area (Å²) in [5.74, 6) is 0.0146. The molecule has 0 radical (unpaired) electrons. The van der Waals surface area contributed by atoms with Crippen LogP contribution in [0.5, 0.6) is 0 Å². The summed E-state index contributed by atoms with van der Waals surface area (Å²) in [5.41, 5.74) is 0. The van der Waals surface area contributed by atoms with Crippen LogP contribution in [0, 0.1) is 0 Å². The van der Waals surface area contributed by atoms with Crippen LogP contribution in [-0.4, -0.2) is 66.7 Å². The third kappa shape index (κ3) is 4.94. The fourth-order valence-corrected chi connectivity index (χ4v) is 5.69. The first-order valence-corrected chi connectivity index (χ1v) is 10.9. The van der Waals surface area contributed by atoms with Crippen LogP contribution in [-0.2, 0) is 19.4 Å². The third-order valence-electron chi connectivity index (χ3n) is 5.29. The molecule has 1 aliphatic heterocycles. The van der Waals surface area contributed by atoms with Crippen LogP contribution in [0.2, 0.25) is 0 Å². The summed E-state index contributed by atoms with van der Waals surface area (Å²) < 4.78 is 23.4. The Labute approximate surface area is 145 Å². The lowest BCUT2D eigenvalue weighted by molar-refractivity contribution is -0.142. The molecule has 0 aromatic carbocycles. The molecule has 1 aliphatic carbocycles. The number of carbonyl (C=O) groups is 2. The molecular weight excluding hydrogens is 328 g/mol. The largest absolute Gasteiger partial charge is 0.337 e. The van der Waals surface area contributed by atoms with E-state index in [2.05, 4.69) is 0 Å². The predicted molar refractivity (Wildman–Crippen MR) is 93.3 cm³/mol. The van der Waals surface area contributed by atoms with Crippen LogP contribution >= 0.6 is 0 Å². The van der Waals surface area contributed by atoms with Gasteiger partial charge in [0.05, 0.1) is 18.1 Å². The van der Waals surface area contributed by atoms with E-state index in [0.29, 0.717) is 13.0 Å². The van der Waals surface area contributed by atoms with Crippen molar-refractivity contribution >= 4 is 21.7 Å². The highest BCUT2D eigenvalue weighted by Gasteiger charge is 2.35. The molecule has 2 amide bonds. The van der Waals surface area contributed by atoms with Gasteiger partial charge in [0.2, 0.25) is 11.8 Å². The van der Waals surface area contributed by atoms with Crippen LogP contribution in [0.25, 0.3) is 0 Å². The van der Waals surface area contributed by atoms with Crippen molar-refractivity contribution in [1.82, 2.24) is 9.80 Å². The van der Waals surface area contributed by atoms with Crippen LogP contribution < -0.4 is 0 Å². The summed E-state index contributed by atoms with van der Waals surface area (Å²) >= 11 is 0. The Kier molecular flexibility index (Phi) is 6.66. The minimum absolute atomic E-state index is 0.0517. The second-order valence-corrected chi connectivity index (χ2v) is 9.26. The molecule has 0 N–H and O–H groups in total. The Hall–Kier alpha value is -1.11. The summed E-state index contributed by atoms with van der Waals surface area (Å²) in [6.45, 7) is 3.95. The average Bonchev–Trinajstić information content (AvgIpc) is 2.73. The highest BCUT2D eigenvalue weighted by Crippen LogP contribution is 2.23. The second kappa shape index (κ2) is 8.32. The number of amides is 2. The molecule has 2 rings (SSSR count). The maximum Gasteiger partial charge on any atom is 0.242 e. The van der Waals surface area contributed by atoms with E-state index in [-0.39, 0.29) is 41.9 Å². The molecule has 1 atom stereocenters. The number of rotatable bonds is 5. The number of hydrogen-bond donors (Lipinski definition) is 0. The normalized spacial score (nSPS) is 24.3. The SMILES string of the molecule is CCN(C(=O)CN(C(C)=O)C1CCCCCC1)C1CCS(=O)(=O)C1. The lowest BCUT2D eigenvalue weighted by Gasteiger charge is -2.34. The standard InChI is InChI=1S/C17H30N2O4S/c1-3-18(16-10-11-24(22,23)13-16)17(21)12-19(14(2)20)15-8-6-4-5-7-9-15/h15-16H,3-13H2,1-2H3. The fourth-order valence-electron chi connectivity index (χ4n) is 3.96. The molecule has 0 aromatic heterocycles. The third-order valence-corrected chi connectivity index (χ3v) is 7.04. The molecule has 1 heterocycles. The zero-order valence-corrected chi connectivity index (χ0v) is 15.7. The molecule has 138 valence electrons. The lowest BCUT2D eigenvalue weighted by atomic mass is 10.1. The molecular formula is C17H30N2O4S. The van der Waals surface area contributed by atoms with Crippen molar-refractivity contribution in [2.45, 2.75) is 70.9 Å². The molecule has 2 aliphatic rings. The summed E-state index contributed by atoms with van der Waals surface area (Å²) in [6, 6.07) is -0.101. The van der Waals surface area contributed by atoms with Gasteiger partial charge in [0.25, 0.3) is 0 Å². The van der Waals surface area contributed by atoms with E-state index in [1.165, 1.54) is 19.8 Å². The van der Waals surface area contributed by atoms with Crippen LogP contribution in [0.15, 0.2) is 0 Å². The molecule has 1 unspecified atom stereocenters. The molecule has 0 aromatic rings. The number of hydrogen-bond acceptors (Lipinski definition) is 4. The van der Waals surface area contributed by atoms with E-state index in [4.69, 9.17) is 0 Å². The number of likely N-dealkylation sites (N-methyl/N-ethyl adjacent to an activating group) is 1. The first-order chi connectivity index (χ1) is 11.3. The van der Waals surface area contributed by atoms with Crippen molar-refractivity contribution < 1.29 is 18.0 Å². The second-order valence-electron chi connectivity index (χ2n) is 7.03. The van der Waals surface area contributed by atoms with Gasteiger partial charge < -0.3 is 9.80 Å². The Morgan fingerprint density at radius 1 is 0.958 bits per heavy atom. The first kappa shape index (κ1) is 19.2.